The zero-order chi connectivity index (χ0) is 25.5. The first-order valence-corrected chi connectivity index (χ1v) is 12.3. The monoisotopic (exact) mass is 475 g/mol. The summed E-state index contributed by atoms with van der Waals surface area (Å²) in [5.74, 6) is -0.127. The van der Waals surface area contributed by atoms with Crippen LogP contribution in [0, 0.1) is 20.8 Å². The number of aryl methyl sites for hydroxylation is 4. The Hall–Kier alpha value is -3.99. The molecule has 1 aliphatic carbocycles. The topological polar surface area (TPSA) is 56.4 Å². The predicted molar refractivity (Wildman–Crippen MR) is 143 cm³/mol. The number of fused-ring (bicyclic) bond motifs is 2. The van der Waals surface area contributed by atoms with Crippen molar-refractivity contribution in [2.45, 2.75) is 46.5 Å². The van der Waals surface area contributed by atoms with Crippen molar-refractivity contribution in [2.24, 2.45) is 7.05 Å². The molecule has 0 fully saturated rings. The fourth-order valence-corrected chi connectivity index (χ4v) is 5.94. The van der Waals surface area contributed by atoms with E-state index < -0.39 is 0 Å². The third-order valence-electron chi connectivity index (χ3n) is 7.62. The van der Waals surface area contributed by atoms with E-state index in [0.717, 1.165) is 44.5 Å². The van der Waals surface area contributed by atoms with E-state index in [1.54, 1.807) is 0 Å². The van der Waals surface area contributed by atoms with Crippen molar-refractivity contribution in [3.63, 3.8) is 0 Å². The molecular formula is C31H29N3O2. The summed E-state index contributed by atoms with van der Waals surface area (Å²) in [5.41, 5.74) is 9.18. The van der Waals surface area contributed by atoms with Crippen LogP contribution < -0.4 is 0 Å². The Balaban J connectivity index is 1.81. The van der Waals surface area contributed by atoms with Crippen molar-refractivity contribution in [3.05, 3.63) is 93.8 Å². The lowest BCUT2D eigenvalue weighted by atomic mass is 9.71. The Morgan fingerprint density at radius 1 is 0.944 bits per heavy atom. The minimum absolute atomic E-state index is 0.00618. The van der Waals surface area contributed by atoms with Gasteiger partial charge in [0.05, 0.1) is 22.2 Å². The molecule has 0 bridgehead atoms. The first-order valence-electron chi connectivity index (χ1n) is 12.3. The van der Waals surface area contributed by atoms with Gasteiger partial charge in [-0.15, -0.1) is 0 Å². The number of ketones is 2. The summed E-state index contributed by atoms with van der Waals surface area (Å²) in [4.78, 5) is 28.0. The van der Waals surface area contributed by atoms with Crippen LogP contribution in [-0.4, -0.2) is 25.7 Å². The summed E-state index contributed by atoms with van der Waals surface area (Å²) < 4.78 is 3.93. The van der Waals surface area contributed by atoms with Crippen LogP contribution in [0.3, 0.4) is 0 Å². The van der Waals surface area contributed by atoms with E-state index in [0.29, 0.717) is 23.1 Å². The van der Waals surface area contributed by atoms with Gasteiger partial charge in [-0.3, -0.25) is 18.7 Å². The maximum absolute atomic E-state index is 14.1. The summed E-state index contributed by atoms with van der Waals surface area (Å²) in [6, 6.07) is 16.1. The lowest BCUT2D eigenvalue weighted by molar-refractivity contribution is 0.0943. The first-order chi connectivity index (χ1) is 17.1. The number of benzene rings is 2. The zero-order valence-corrected chi connectivity index (χ0v) is 21.6. The molecule has 6 rings (SSSR count). The van der Waals surface area contributed by atoms with Gasteiger partial charge in [0.2, 0.25) is 0 Å². The van der Waals surface area contributed by atoms with Crippen molar-refractivity contribution >= 4 is 28.1 Å². The highest BCUT2D eigenvalue weighted by atomic mass is 16.1. The molecule has 0 saturated heterocycles. The number of aromatic nitrogens is 3. The molecule has 36 heavy (non-hydrogen) atoms. The van der Waals surface area contributed by atoms with Crippen LogP contribution in [0.5, 0.6) is 0 Å². The SMILES string of the molecule is Cc1ccc(C(=O)c2c3c4c(c(-c5ccc(C)cc5)cn4c4c2c(C)nn4C)C(C)(C)CC3=O)cc1. The van der Waals surface area contributed by atoms with Crippen LogP contribution in [-0.2, 0) is 12.5 Å². The number of hydrogen-bond acceptors (Lipinski definition) is 3. The second-order valence-corrected chi connectivity index (χ2v) is 10.8. The molecule has 5 aromatic rings. The Bertz CT molecular complexity index is 1730. The number of hydrogen-bond donors (Lipinski definition) is 0. The van der Waals surface area contributed by atoms with Crippen LogP contribution in [0.15, 0.2) is 54.7 Å². The van der Waals surface area contributed by atoms with Crippen molar-refractivity contribution < 1.29 is 9.59 Å². The van der Waals surface area contributed by atoms with Gasteiger partial charge in [0.15, 0.2) is 11.6 Å². The third-order valence-corrected chi connectivity index (χ3v) is 7.62. The van der Waals surface area contributed by atoms with Crippen molar-refractivity contribution in [2.75, 3.05) is 0 Å². The van der Waals surface area contributed by atoms with E-state index in [9.17, 15) is 9.59 Å². The Kier molecular flexibility index (Phi) is 4.68. The van der Waals surface area contributed by atoms with E-state index in [4.69, 9.17) is 5.10 Å². The number of pyridine rings is 1. The molecule has 0 unspecified atom stereocenters. The van der Waals surface area contributed by atoms with Gasteiger partial charge in [0, 0.05) is 36.4 Å². The van der Waals surface area contributed by atoms with Gasteiger partial charge in [-0.25, -0.2) is 0 Å². The minimum atomic E-state index is -0.384. The summed E-state index contributed by atoms with van der Waals surface area (Å²) in [5, 5.41) is 5.45. The molecule has 0 amide bonds. The van der Waals surface area contributed by atoms with Gasteiger partial charge in [0.1, 0.15) is 5.65 Å². The third kappa shape index (κ3) is 3.05. The van der Waals surface area contributed by atoms with Gasteiger partial charge in [-0.05, 0) is 37.3 Å². The van der Waals surface area contributed by atoms with Gasteiger partial charge in [-0.1, -0.05) is 73.5 Å². The second-order valence-electron chi connectivity index (χ2n) is 10.8. The number of nitrogens with zero attached hydrogens (tertiary/aromatic N) is 3. The van der Waals surface area contributed by atoms with Crippen molar-refractivity contribution in [3.8, 4) is 11.1 Å². The van der Waals surface area contributed by atoms with Crippen LogP contribution in [0.25, 0.3) is 27.7 Å². The maximum atomic E-state index is 14.1. The summed E-state index contributed by atoms with van der Waals surface area (Å²) in [7, 11) is 1.90. The average molecular weight is 476 g/mol. The maximum Gasteiger partial charge on any atom is 0.194 e. The van der Waals surface area contributed by atoms with E-state index in [-0.39, 0.29) is 17.0 Å². The Morgan fingerprint density at radius 3 is 2.19 bits per heavy atom. The molecule has 5 heteroatoms. The summed E-state index contributed by atoms with van der Waals surface area (Å²) in [6.45, 7) is 10.2. The number of carbonyl (C=O) groups excluding carboxylic acids is 2. The normalized spacial score (nSPS) is 14.7. The molecule has 0 N–H and O–H groups in total. The Morgan fingerprint density at radius 2 is 1.56 bits per heavy atom. The summed E-state index contributed by atoms with van der Waals surface area (Å²) in [6.07, 6.45) is 2.47. The van der Waals surface area contributed by atoms with Gasteiger partial charge in [0.25, 0.3) is 0 Å². The predicted octanol–water partition coefficient (Wildman–Crippen LogP) is 6.51. The molecule has 3 heterocycles. The molecular weight excluding hydrogens is 446 g/mol. The van der Waals surface area contributed by atoms with Gasteiger partial charge >= 0.3 is 0 Å². The number of carbonyl (C=O) groups is 2. The van der Waals surface area contributed by atoms with E-state index >= 15 is 0 Å². The average Bonchev–Trinajstić information content (AvgIpc) is 3.36. The summed E-state index contributed by atoms with van der Waals surface area (Å²) >= 11 is 0. The van der Waals surface area contributed by atoms with Crippen LogP contribution in [0.1, 0.15) is 68.9 Å². The molecule has 0 aliphatic heterocycles. The molecule has 0 spiro atoms. The quantitative estimate of drug-likeness (QED) is 0.279. The smallest absolute Gasteiger partial charge is 0.194 e. The zero-order valence-electron chi connectivity index (χ0n) is 21.6. The standard InChI is InChI=1S/C31H29N3O2/c1-17-7-11-20(12-8-17)22-16-34-28-25(23(35)15-31(4,5)27(22)28)26(24-19(3)32-33(6)30(24)34)29(36)21-13-9-18(2)10-14-21/h7-14,16H,15H2,1-6H3. The van der Waals surface area contributed by atoms with Crippen LogP contribution in [0.2, 0.25) is 0 Å². The van der Waals surface area contributed by atoms with E-state index in [1.807, 2.05) is 49.8 Å². The van der Waals surface area contributed by atoms with Crippen LogP contribution >= 0.6 is 0 Å². The number of rotatable bonds is 3. The molecule has 0 saturated carbocycles. The highest BCUT2D eigenvalue weighted by Crippen LogP contribution is 2.48. The molecule has 5 nitrogen and oxygen atoms in total. The molecule has 2 aromatic carbocycles. The van der Waals surface area contributed by atoms with Crippen LogP contribution in [0.4, 0.5) is 0 Å². The molecule has 0 atom stereocenters. The molecule has 0 radical (unpaired) electrons. The van der Waals surface area contributed by atoms with Crippen molar-refractivity contribution in [1.29, 1.82) is 0 Å². The highest BCUT2D eigenvalue weighted by Gasteiger charge is 2.41. The highest BCUT2D eigenvalue weighted by molar-refractivity contribution is 6.26. The fourth-order valence-electron chi connectivity index (χ4n) is 5.94. The number of Topliss-reactive ketones (excluding diaryl/α,β-unsaturated/α-hetero) is 1. The fraction of sp³-hybridized carbons (Fsp3) is 0.258. The van der Waals surface area contributed by atoms with Crippen molar-refractivity contribution in [1.82, 2.24) is 14.2 Å². The molecule has 1 aliphatic rings. The lowest BCUT2D eigenvalue weighted by Gasteiger charge is -2.31. The molecule has 180 valence electrons. The largest absolute Gasteiger partial charge is 0.300 e. The first kappa shape index (κ1) is 22.5. The minimum Gasteiger partial charge on any atom is -0.300 e. The van der Waals surface area contributed by atoms with E-state index in [2.05, 4.69) is 55.6 Å². The van der Waals surface area contributed by atoms with E-state index in [1.165, 1.54) is 5.56 Å². The lowest BCUT2D eigenvalue weighted by Crippen LogP contribution is -2.29. The Labute approximate surface area is 210 Å². The van der Waals surface area contributed by atoms with Gasteiger partial charge in [-0.2, -0.15) is 5.10 Å². The second kappa shape index (κ2) is 7.50. The molecule has 3 aromatic heterocycles. The van der Waals surface area contributed by atoms with Gasteiger partial charge < -0.3 is 0 Å².